The van der Waals surface area contributed by atoms with Crippen molar-refractivity contribution < 1.29 is 76.6 Å². The Kier molecular flexibility index (Phi) is 17.6. The normalized spacial score (nSPS) is 22.4. The molecule has 20 heteroatoms. The van der Waals surface area contributed by atoms with Crippen LogP contribution in [0.1, 0.15) is 163 Å². The minimum atomic E-state index is -5.16. The zero-order valence-electron chi connectivity index (χ0n) is 41.9. The second-order valence-corrected chi connectivity index (χ2v) is 22.5. The van der Waals surface area contributed by atoms with E-state index < -0.39 is 57.1 Å². The number of hydrogen-bond acceptors (Lipinski definition) is 12. The van der Waals surface area contributed by atoms with Crippen molar-refractivity contribution in [3.63, 3.8) is 0 Å². The van der Waals surface area contributed by atoms with Crippen LogP contribution in [0.3, 0.4) is 0 Å². The summed E-state index contributed by atoms with van der Waals surface area (Å²) >= 11 is 0. The van der Waals surface area contributed by atoms with E-state index in [4.69, 9.17) is 23.3 Å². The molecule has 5 atom stereocenters. The van der Waals surface area contributed by atoms with Crippen LogP contribution >= 0.6 is 15.6 Å². The Hall–Kier alpha value is -4.77. The van der Waals surface area contributed by atoms with Crippen molar-refractivity contribution >= 4 is 33.9 Å². The van der Waals surface area contributed by atoms with Gasteiger partial charge in [-0.2, -0.15) is 0 Å². The van der Waals surface area contributed by atoms with E-state index in [0.717, 1.165) is 25.7 Å². The van der Waals surface area contributed by atoms with Crippen molar-refractivity contribution in [2.24, 2.45) is 0 Å². The zero-order chi connectivity index (χ0) is 52.2. The molecule has 0 saturated heterocycles. The van der Waals surface area contributed by atoms with E-state index in [2.05, 4.69) is 24.3 Å². The molecule has 4 heterocycles. The Morgan fingerprint density at radius 1 is 0.704 bits per heavy atom. The summed E-state index contributed by atoms with van der Waals surface area (Å²) in [7, 11) is -10.3. The number of aliphatic hydroxyl groups is 2. The molecule has 6 N–H and O–H groups in total. The van der Waals surface area contributed by atoms with Crippen LogP contribution in [0.2, 0.25) is 0 Å². The van der Waals surface area contributed by atoms with Crippen LogP contribution in [0.5, 0.6) is 23.0 Å². The second kappa shape index (κ2) is 22.6. The molecular formula is C51H70N2O16P2. The van der Waals surface area contributed by atoms with Crippen LogP contribution in [0.4, 0.5) is 0 Å². The lowest BCUT2D eigenvalue weighted by Gasteiger charge is -2.41. The number of phosphoric ester groups is 2. The van der Waals surface area contributed by atoms with Gasteiger partial charge < -0.3 is 38.4 Å². The van der Waals surface area contributed by atoms with Gasteiger partial charge in [0.1, 0.15) is 34.2 Å². The Bertz CT molecular complexity index is 2590. The Labute approximate surface area is 415 Å². The lowest BCUT2D eigenvalue weighted by atomic mass is 9.84. The number of carbonyl (C=O) groups excluding carboxylic acids is 3. The zero-order valence-corrected chi connectivity index (χ0v) is 43.7. The van der Waals surface area contributed by atoms with Crippen molar-refractivity contribution in [1.29, 1.82) is 0 Å². The number of carbonyl (C=O) groups is 3. The number of benzene rings is 2. The van der Waals surface area contributed by atoms with Crippen LogP contribution in [0, 0.1) is 0 Å². The molecule has 0 spiro atoms. The van der Waals surface area contributed by atoms with Crippen molar-refractivity contribution in [1.82, 2.24) is 9.80 Å². The molecule has 4 aliphatic heterocycles. The fourth-order valence-electron chi connectivity index (χ4n) is 9.70. The lowest BCUT2D eigenvalue weighted by Crippen LogP contribution is -2.49. The fourth-order valence-corrected chi connectivity index (χ4v) is 10.5. The van der Waals surface area contributed by atoms with Gasteiger partial charge in [0.15, 0.2) is 6.23 Å². The predicted molar refractivity (Wildman–Crippen MR) is 264 cm³/mol. The first-order valence-corrected chi connectivity index (χ1v) is 27.2. The van der Waals surface area contributed by atoms with Gasteiger partial charge in [0.2, 0.25) is 0 Å². The lowest BCUT2D eigenvalue weighted by molar-refractivity contribution is -0.141. The van der Waals surface area contributed by atoms with Crippen molar-refractivity contribution in [2.45, 2.75) is 175 Å². The third-order valence-corrected chi connectivity index (χ3v) is 14.6. The predicted octanol–water partition coefficient (Wildman–Crippen LogP) is 8.58. The van der Waals surface area contributed by atoms with Crippen LogP contribution in [-0.4, -0.2) is 94.1 Å². The highest BCUT2D eigenvalue weighted by atomic mass is 31.2. The minimum absolute atomic E-state index is 0.00599. The molecule has 18 nitrogen and oxygen atoms in total. The van der Waals surface area contributed by atoms with E-state index in [-0.39, 0.29) is 97.0 Å². The molecule has 0 fully saturated rings. The van der Waals surface area contributed by atoms with Gasteiger partial charge >= 0.3 is 15.6 Å². The molecule has 0 saturated carbocycles. The number of phosphoric acid groups is 2. The van der Waals surface area contributed by atoms with E-state index >= 15 is 0 Å². The number of allylic oxidation sites excluding steroid dienone is 8. The fraction of sp³-hybridized carbons (Fsp3) is 0.549. The summed E-state index contributed by atoms with van der Waals surface area (Å²) in [5, 5.41) is 22.9. The van der Waals surface area contributed by atoms with Crippen LogP contribution in [0.25, 0.3) is 0 Å². The van der Waals surface area contributed by atoms with Crippen molar-refractivity contribution in [2.75, 3.05) is 6.54 Å². The molecule has 0 aromatic heterocycles. The van der Waals surface area contributed by atoms with Gasteiger partial charge in [-0.15, -0.1) is 0 Å². The number of nitrogens with zero attached hydrogens (tertiary/aromatic N) is 2. The number of amides is 2. The maximum Gasteiger partial charge on any atom is 0.524 e. The molecule has 0 aliphatic carbocycles. The van der Waals surface area contributed by atoms with E-state index in [1.165, 1.54) is 44.2 Å². The molecule has 71 heavy (non-hydrogen) atoms. The number of rotatable bonds is 23. The highest BCUT2D eigenvalue weighted by Gasteiger charge is 2.48. The SMILES string of the molecule is CC(C)=CCC/C(C)=C/CC[C@@]1(C)Oc2c(c(OP(=O)(O)O)cc3c2CN(CCC[C@@H](OC=O)N2Cc4c(cc(OP(=O)(O)O)c5c4O[C@](C)(CC/C=C(\C)CCC=C(C)C)[C@@H](O)C5)C2=O)C3=O)C[C@@H]1O. The standard InChI is InChI=1S/C51H70N2O16P2/c1-31(2)14-9-16-33(5)18-11-21-50(7)43(55)26-37-41(68-70(59,60)61)24-35-39(46(37)66-50)28-52(48(35)57)23-13-20-45(65-30-54)53-29-40-36(49(53)58)25-42(69-71(62,63)64)38-27-44(56)51(8,67-47(38)40)22-12-19-34(6)17-10-15-32(3)4/h14-15,18-19,24-25,30,43-45,55-56H,9-13,16-17,20-23,26-29H2,1-8H3,(H2,59,60,61)(H2,62,63,64)/b33-18+,34-19+/t43-,44-,45+,50+,51+/m0/s1. The average molecular weight is 1030 g/mol. The summed E-state index contributed by atoms with van der Waals surface area (Å²) in [4.78, 5) is 82.5. The van der Waals surface area contributed by atoms with Gasteiger partial charge in [0.05, 0.1) is 36.4 Å². The van der Waals surface area contributed by atoms with Crippen LogP contribution < -0.4 is 18.5 Å². The molecule has 6 rings (SSSR count). The maximum absolute atomic E-state index is 14.2. The molecule has 2 amide bonds. The molecule has 2 aromatic carbocycles. The van der Waals surface area contributed by atoms with E-state index in [0.29, 0.717) is 36.8 Å². The quantitative estimate of drug-likeness (QED) is 0.0346. The summed E-state index contributed by atoms with van der Waals surface area (Å²) < 4.78 is 53.1. The molecule has 390 valence electrons. The number of hydrogen-bond donors (Lipinski definition) is 6. The topological polar surface area (TPSA) is 259 Å². The first-order chi connectivity index (χ1) is 33.2. The van der Waals surface area contributed by atoms with Crippen molar-refractivity contribution in [3.05, 3.63) is 92.1 Å². The molecule has 0 unspecified atom stereocenters. The van der Waals surface area contributed by atoms with Gasteiger partial charge in [-0.05, 0) is 125 Å². The molecular weight excluding hydrogens is 959 g/mol. The van der Waals surface area contributed by atoms with Gasteiger partial charge in [0.25, 0.3) is 18.3 Å². The third kappa shape index (κ3) is 13.6. The largest absolute Gasteiger partial charge is 0.524 e. The first kappa shape index (κ1) is 55.5. The van der Waals surface area contributed by atoms with E-state index in [1.54, 1.807) is 13.8 Å². The maximum atomic E-state index is 14.2. The number of fused-ring (bicyclic) bond motifs is 6. The minimum Gasteiger partial charge on any atom is -0.484 e. The highest BCUT2D eigenvalue weighted by molar-refractivity contribution is 7.47. The van der Waals surface area contributed by atoms with E-state index in [9.17, 15) is 53.3 Å². The summed E-state index contributed by atoms with van der Waals surface area (Å²) in [6, 6.07) is 2.46. The Balaban J connectivity index is 1.20. The van der Waals surface area contributed by atoms with Gasteiger partial charge in [-0.1, -0.05) is 46.6 Å². The Morgan fingerprint density at radius 3 is 1.59 bits per heavy atom. The molecule has 2 aromatic rings. The number of ether oxygens (including phenoxy) is 3. The second-order valence-electron chi connectivity index (χ2n) is 20.2. The van der Waals surface area contributed by atoms with Gasteiger partial charge in [-0.3, -0.25) is 38.9 Å². The van der Waals surface area contributed by atoms with Crippen LogP contribution in [-0.2, 0) is 44.6 Å². The monoisotopic (exact) mass is 1030 g/mol. The summed E-state index contributed by atoms with van der Waals surface area (Å²) in [6.07, 6.45) is 10.7. The summed E-state index contributed by atoms with van der Waals surface area (Å²) in [5.74, 6) is -1.38. The molecule has 4 aliphatic rings. The third-order valence-electron chi connectivity index (χ3n) is 13.8. The van der Waals surface area contributed by atoms with E-state index in [1.807, 2.05) is 41.5 Å². The average Bonchev–Trinajstić information content (AvgIpc) is 3.75. The highest BCUT2D eigenvalue weighted by Crippen LogP contribution is 2.52. The van der Waals surface area contributed by atoms with Crippen LogP contribution in [0.15, 0.2) is 58.7 Å². The smallest absolute Gasteiger partial charge is 0.484 e. The number of aliphatic hydroxyl groups excluding tert-OH is 2. The van der Waals surface area contributed by atoms with Gasteiger partial charge in [0, 0.05) is 48.1 Å². The molecule has 0 bridgehead atoms. The molecule has 0 radical (unpaired) electrons. The van der Waals surface area contributed by atoms with Gasteiger partial charge in [-0.25, -0.2) is 9.13 Å². The summed E-state index contributed by atoms with van der Waals surface area (Å²) in [6.45, 7) is 16.0. The van der Waals surface area contributed by atoms with Crippen molar-refractivity contribution in [3.8, 4) is 23.0 Å². The summed E-state index contributed by atoms with van der Waals surface area (Å²) in [5.41, 5.74) is 3.86. The Morgan fingerprint density at radius 2 is 1.15 bits per heavy atom. The first-order valence-electron chi connectivity index (χ1n) is 24.1.